The Labute approximate surface area is 235 Å². The zero-order chi connectivity index (χ0) is 28.8. The molecule has 8 nitrogen and oxygen atoms in total. The van der Waals surface area contributed by atoms with E-state index in [0.717, 1.165) is 19.4 Å². The lowest BCUT2D eigenvalue weighted by Crippen LogP contribution is -2.50. The zero-order valence-electron chi connectivity index (χ0n) is 22.8. The lowest BCUT2D eigenvalue weighted by atomic mass is 9.98. The number of aromatic nitrogens is 3. The number of fused-ring (bicyclic) bond motifs is 1. The molecule has 2 atom stereocenters. The molecule has 13 heteroatoms. The lowest BCUT2D eigenvalue weighted by molar-refractivity contribution is -0.137. The van der Waals surface area contributed by atoms with E-state index in [1.54, 1.807) is 0 Å². The Morgan fingerprint density at radius 2 is 1.98 bits per heavy atom. The molecule has 0 aliphatic carbocycles. The van der Waals surface area contributed by atoms with Crippen LogP contribution in [-0.2, 0) is 6.18 Å². The first-order valence-electron chi connectivity index (χ1n) is 13.3. The number of halogens is 5. The molecular weight excluding hydrogens is 550 g/mol. The first-order chi connectivity index (χ1) is 19.0. The van der Waals surface area contributed by atoms with Crippen molar-refractivity contribution >= 4 is 34.1 Å². The van der Waals surface area contributed by atoms with Gasteiger partial charge in [-0.25, -0.2) is 9.37 Å². The third-order valence-electron chi connectivity index (χ3n) is 7.69. The summed E-state index contributed by atoms with van der Waals surface area (Å²) in [6.45, 7) is 6.52. The third-order valence-corrected chi connectivity index (χ3v) is 7.98. The Hall–Kier alpha value is -2.96. The number of aryl methyl sites for hydroxylation is 1. The summed E-state index contributed by atoms with van der Waals surface area (Å²) in [6.07, 6.45) is -2.80. The Balaban J connectivity index is 1.72. The van der Waals surface area contributed by atoms with Gasteiger partial charge >= 0.3 is 12.2 Å². The Bertz CT molecular complexity index is 1420. The van der Waals surface area contributed by atoms with Crippen LogP contribution in [0.2, 0.25) is 5.02 Å². The van der Waals surface area contributed by atoms with Gasteiger partial charge in [0.2, 0.25) is 0 Å². The molecule has 0 amide bonds. The van der Waals surface area contributed by atoms with Crippen LogP contribution in [0.15, 0.2) is 12.1 Å². The summed E-state index contributed by atoms with van der Waals surface area (Å²) in [5, 5.41) is 6.12. The summed E-state index contributed by atoms with van der Waals surface area (Å²) in [5.41, 5.74) is -2.42. The van der Waals surface area contributed by atoms with E-state index in [1.165, 1.54) is 26.1 Å². The number of nitrogens with zero attached hydrogens (tertiary/aromatic N) is 5. The van der Waals surface area contributed by atoms with Crippen LogP contribution in [0.4, 0.5) is 29.2 Å². The predicted molar refractivity (Wildman–Crippen MR) is 148 cm³/mol. The molecule has 2 fully saturated rings. The molecule has 5 rings (SSSR count). The molecule has 0 spiro atoms. The Morgan fingerprint density at radius 3 is 2.62 bits per heavy atom. The minimum Gasteiger partial charge on any atom is -0.462 e. The van der Waals surface area contributed by atoms with Crippen LogP contribution >= 0.6 is 11.6 Å². The van der Waals surface area contributed by atoms with Gasteiger partial charge in [0, 0.05) is 44.2 Å². The summed E-state index contributed by atoms with van der Waals surface area (Å²) in [5.74, 6) is -0.438. The number of pyridine rings is 1. The van der Waals surface area contributed by atoms with Crippen molar-refractivity contribution in [2.24, 2.45) is 0 Å². The molecular formula is C27H32ClF4N7O. The molecule has 0 bridgehead atoms. The van der Waals surface area contributed by atoms with E-state index in [4.69, 9.17) is 16.3 Å². The van der Waals surface area contributed by atoms with Gasteiger partial charge in [-0.1, -0.05) is 11.6 Å². The van der Waals surface area contributed by atoms with Crippen LogP contribution < -0.4 is 20.3 Å². The van der Waals surface area contributed by atoms with E-state index in [1.807, 2.05) is 18.9 Å². The van der Waals surface area contributed by atoms with E-state index >= 15 is 4.39 Å². The summed E-state index contributed by atoms with van der Waals surface area (Å²) < 4.78 is 65.1. The van der Waals surface area contributed by atoms with Gasteiger partial charge in [-0.2, -0.15) is 23.1 Å². The average molecular weight is 582 g/mol. The maximum Gasteiger partial charge on any atom is 0.418 e. The molecule has 216 valence electrons. The van der Waals surface area contributed by atoms with Gasteiger partial charge in [0.05, 0.1) is 21.8 Å². The van der Waals surface area contributed by atoms with E-state index in [-0.39, 0.29) is 40.0 Å². The average Bonchev–Trinajstić information content (AvgIpc) is 3.31. The highest BCUT2D eigenvalue weighted by atomic mass is 35.5. The Morgan fingerprint density at radius 1 is 1.20 bits per heavy atom. The monoisotopic (exact) mass is 581 g/mol. The van der Waals surface area contributed by atoms with Crippen molar-refractivity contribution in [1.29, 1.82) is 0 Å². The molecule has 2 N–H and O–H groups in total. The van der Waals surface area contributed by atoms with Crippen molar-refractivity contribution in [3.63, 3.8) is 0 Å². The van der Waals surface area contributed by atoms with E-state index in [9.17, 15) is 13.2 Å². The summed E-state index contributed by atoms with van der Waals surface area (Å²) >= 11 is 6.57. The number of hydrogen-bond donors (Lipinski definition) is 2. The fourth-order valence-corrected chi connectivity index (χ4v) is 5.80. The van der Waals surface area contributed by atoms with Crippen molar-refractivity contribution < 1.29 is 22.3 Å². The summed E-state index contributed by atoms with van der Waals surface area (Å²) in [4.78, 5) is 17.3. The maximum atomic E-state index is 16.5. The van der Waals surface area contributed by atoms with E-state index in [2.05, 4.69) is 30.5 Å². The highest BCUT2D eigenvalue weighted by molar-refractivity contribution is 6.34. The van der Waals surface area contributed by atoms with Crippen molar-refractivity contribution in [3.8, 4) is 17.3 Å². The van der Waals surface area contributed by atoms with Crippen LogP contribution in [0.1, 0.15) is 30.9 Å². The second-order valence-corrected chi connectivity index (χ2v) is 10.8. The third kappa shape index (κ3) is 5.36. The molecule has 40 heavy (non-hydrogen) atoms. The number of alkyl halides is 3. The highest BCUT2D eigenvalue weighted by Crippen LogP contribution is 2.45. The first-order valence-corrected chi connectivity index (χ1v) is 13.6. The van der Waals surface area contributed by atoms with Gasteiger partial charge in [0.25, 0.3) is 0 Å². The number of rotatable bonds is 6. The van der Waals surface area contributed by atoms with Gasteiger partial charge in [0.1, 0.15) is 23.8 Å². The van der Waals surface area contributed by atoms with Crippen LogP contribution in [0.5, 0.6) is 6.01 Å². The number of likely N-dealkylation sites (tertiary alicyclic amines) is 1. The van der Waals surface area contributed by atoms with Crippen molar-refractivity contribution in [2.45, 2.75) is 44.9 Å². The minimum absolute atomic E-state index is 0.00985. The quantitative estimate of drug-likeness (QED) is 0.388. The number of hydrogen-bond acceptors (Lipinski definition) is 8. The molecule has 0 radical (unpaired) electrons. The molecule has 2 aliphatic heterocycles. The molecule has 3 aromatic rings. The van der Waals surface area contributed by atoms with E-state index in [0.29, 0.717) is 37.4 Å². The van der Waals surface area contributed by atoms with E-state index < -0.39 is 28.8 Å². The number of benzene rings is 1. The predicted octanol–water partition coefficient (Wildman–Crippen LogP) is 5.12. The fraction of sp³-hybridized carbons (Fsp3) is 0.519. The molecule has 2 unspecified atom stereocenters. The molecule has 2 aromatic heterocycles. The van der Waals surface area contributed by atoms with Gasteiger partial charge in [-0.15, -0.1) is 0 Å². The van der Waals surface area contributed by atoms with Gasteiger partial charge in [-0.3, -0.25) is 0 Å². The number of nitrogens with one attached hydrogen (secondary N) is 2. The lowest BCUT2D eigenvalue weighted by Gasteiger charge is -2.35. The van der Waals surface area contributed by atoms with Crippen molar-refractivity contribution in [3.05, 3.63) is 34.1 Å². The number of ether oxygens (including phenoxy) is 1. The molecule has 2 aliphatic rings. The zero-order valence-corrected chi connectivity index (χ0v) is 23.5. The fourth-order valence-electron chi connectivity index (χ4n) is 5.52. The summed E-state index contributed by atoms with van der Waals surface area (Å²) in [7, 11) is 3.53. The molecule has 2 saturated heterocycles. The first kappa shape index (κ1) is 28.6. The second kappa shape index (κ2) is 11.1. The Kier molecular flexibility index (Phi) is 7.95. The van der Waals surface area contributed by atoms with Crippen molar-refractivity contribution in [2.75, 3.05) is 57.1 Å². The highest BCUT2D eigenvalue weighted by Gasteiger charge is 2.39. The van der Waals surface area contributed by atoms with Crippen LogP contribution in [0.25, 0.3) is 22.2 Å². The number of likely N-dealkylation sites (N-methyl/N-ethyl adjacent to an activating group) is 1. The standard InChI is InChI=1S/C27H32ClF4N7O/c1-14-10-19(33-3)35-24(21(14)27(30,31)32)20-18(28)11-17-23(22(20)29)36-26(40-13-16-6-5-8-38(16)4)37-25(17)39-9-7-34-12-15(39)2/h10-11,15-16,34H,5-9,12-13H2,1-4H3,(H,33,35). The largest absolute Gasteiger partial charge is 0.462 e. The van der Waals surface area contributed by atoms with Crippen LogP contribution in [0, 0.1) is 12.7 Å². The smallest absolute Gasteiger partial charge is 0.418 e. The van der Waals surface area contributed by atoms with Crippen molar-refractivity contribution in [1.82, 2.24) is 25.2 Å². The maximum absolute atomic E-state index is 16.5. The van der Waals surface area contributed by atoms with Crippen LogP contribution in [-0.4, -0.2) is 78.8 Å². The number of piperazine rings is 1. The summed E-state index contributed by atoms with van der Waals surface area (Å²) in [6, 6.07) is 2.83. The second-order valence-electron chi connectivity index (χ2n) is 10.4. The molecule has 4 heterocycles. The van der Waals surface area contributed by atoms with Gasteiger partial charge < -0.3 is 25.2 Å². The molecule has 1 aromatic carbocycles. The van der Waals surface area contributed by atoms with Crippen LogP contribution in [0.3, 0.4) is 0 Å². The topological polar surface area (TPSA) is 78.4 Å². The molecule has 0 saturated carbocycles. The van der Waals surface area contributed by atoms with Gasteiger partial charge in [-0.05, 0) is 58.0 Å². The SMILES string of the molecule is CNc1cc(C)c(C(F)(F)F)c(-c2c(Cl)cc3c(N4CCNCC4C)nc(OCC4CCCN4C)nc3c2F)n1. The number of anilines is 2. The van der Waals surface area contributed by atoms with Gasteiger partial charge in [0.15, 0.2) is 5.82 Å². The normalized spacial score (nSPS) is 20.4. The minimum atomic E-state index is -4.79.